The standard InChI is InChI=1S/C12H15NO4/c1-15-7-3-4-8-9(13)6-11(12(14)16-2)17-10(8)5-7/h3-5,9,11H,6,13H2,1-2H3/t9-,11-/m0/s1. The number of nitrogens with two attached hydrogens (primary N) is 1. The highest BCUT2D eigenvalue weighted by molar-refractivity contribution is 5.75. The molecule has 1 aromatic carbocycles. The Morgan fingerprint density at radius 2 is 2.24 bits per heavy atom. The van der Waals surface area contributed by atoms with Gasteiger partial charge in [0.2, 0.25) is 0 Å². The first-order valence-corrected chi connectivity index (χ1v) is 5.33. The monoisotopic (exact) mass is 237 g/mol. The highest BCUT2D eigenvalue weighted by Gasteiger charge is 2.31. The van der Waals surface area contributed by atoms with Crippen molar-refractivity contribution in [1.82, 2.24) is 0 Å². The largest absolute Gasteiger partial charge is 0.497 e. The van der Waals surface area contributed by atoms with Gasteiger partial charge in [0.25, 0.3) is 0 Å². The van der Waals surface area contributed by atoms with E-state index in [2.05, 4.69) is 4.74 Å². The Kier molecular flexibility index (Phi) is 3.19. The molecule has 0 bridgehead atoms. The summed E-state index contributed by atoms with van der Waals surface area (Å²) in [7, 11) is 2.90. The van der Waals surface area contributed by atoms with Gasteiger partial charge in [-0.15, -0.1) is 0 Å². The summed E-state index contributed by atoms with van der Waals surface area (Å²) >= 11 is 0. The molecule has 1 aliphatic heterocycles. The van der Waals surface area contributed by atoms with E-state index >= 15 is 0 Å². The Bertz CT molecular complexity index is 433. The second-order valence-electron chi connectivity index (χ2n) is 3.88. The molecular weight excluding hydrogens is 222 g/mol. The van der Waals surface area contributed by atoms with Gasteiger partial charge in [-0.2, -0.15) is 0 Å². The number of hydrogen-bond acceptors (Lipinski definition) is 5. The Morgan fingerprint density at radius 1 is 1.47 bits per heavy atom. The molecule has 92 valence electrons. The van der Waals surface area contributed by atoms with E-state index in [4.69, 9.17) is 15.2 Å². The number of benzene rings is 1. The highest BCUT2D eigenvalue weighted by atomic mass is 16.6. The van der Waals surface area contributed by atoms with E-state index in [0.717, 1.165) is 5.56 Å². The van der Waals surface area contributed by atoms with Gasteiger partial charge in [0, 0.05) is 24.1 Å². The van der Waals surface area contributed by atoms with Crippen molar-refractivity contribution in [1.29, 1.82) is 0 Å². The number of ether oxygens (including phenoxy) is 3. The minimum absolute atomic E-state index is 0.228. The van der Waals surface area contributed by atoms with Crippen molar-refractivity contribution in [3.05, 3.63) is 23.8 Å². The molecule has 0 spiro atoms. The maximum atomic E-state index is 11.4. The van der Waals surface area contributed by atoms with Gasteiger partial charge in [-0.1, -0.05) is 6.07 Å². The summed E-state index contributed by atoms with van der Waals surface area (Å²) in [6.07, 6.45) is -0.221. The quantitative estimate of drug-likeness (QED) is 0.777. The first kappa shape index (κ1) is 11.7. The summed E-state index contributed by atoms with van der Waals surface area (Å²) in [5.41, 5.74) is 6.87. The molecule has 0 saturated heterocycles. The van der Waals surface area contributed by atoms with Crippen LogP contribution >= 0.6 is 0 Å². The summed E-state index contributed by atoms with van der Waals surface area (Å²) in [4.78, 5) is 11.4. The second-order valence-corrected chi connectivity index (χ2v) is 3.88. The zero-order valence-corrected chi connectivity index (χ0v) is 9.80. The summed E-state index contributed by atoms with van der Waals surface area (Å²) in [5, 5.41) is 0. The van der Waals surface area contributed by atoms with Crippen LogP contribution in [0.4, 0.5) is 0 Å². The van der Waals surface area contributed by atoms with Crippen molar-refractivity contribution in [2.24, 2.45) is 5.73 Å². The third-order valence-electron chi connectivity index (χ3n) is 2.82. The lowest BCUT2D eigenvalue weighted by molar-refractivity contribution is -0.149. The number of methoxy groups -OCH3 is 2. The molecule has 0 saturated carbocycles. The summed E-state index contributed by atoms with van der Waals surface area (Å²) in [6.45, 7) is 0. The molecule has 0 fully saturated rings. The van der Waals surface area contributed by atoms with E-state index in [1.54, 1.807) is 13.2 Å². The van der Waals surface area contributed by atoms with Crippen molar-refractivity contribution < 1.29 is 19.0 Å². The van der Waals surface area contributed by atoms with Crippen LogP contribution < -0.4 is 15.2 Å². The van der Waals surface area contributed by atoms with E-state index in [-0.39, 0.29) is 6.04 Å². The van der Waals surface area contributed by atoms with Crippen LogP contribution in [0.15, 0.2) is 18.2 Å². The number of esters is 1. The summed E-state index contributed by atoms with van der Waals surface area (Å²) in [5.74, 6) is 0.842. The van der Waals surface area contributed by atoms with Gasteiger partial charge in [-0.25, -0.2) is 4.79 Å². The number of rotatable bonds is 2. The van der Waals surface area contributed by atoms with Crippen LogP contribution in [0.1, 0.15) is 18.0 Å². The molecular formula is C12H15NO4. The number of carbonyl (C=O) groups excluding carboxylic acids is 1. The zero-order valence-electron chi connectivity index (χ0n) is 9.80. The fourth-order valence-electron chi connectivity index (χ4n) is 1.88. The molecule has 17 heavy (non-hydrogen) atoms. The fourth-order valence-corrected chi connectivity index (χ4v) is 1.88. The molecule has 1 aliphatic rings. The predicted molar refractivity (Wildman–Crippen MR) is 61.0 cm³/mol. The number of hydrogen-bond donors (Lipinski definition) is 1. The van der Waals surface area contributed by atoms with Crippen LogP contribution in [0.3, 0.4) is 0 Å². The smallest absolute Gasteiger partial charge is 0.347 e. The van der Waals surface area contributed by atoms with Crippen molar-refractivity contribution in [2.75, 3.05) is 14.2 Å². The van der Waals surface area contributed by atoms with E-state index in [1.807, 2.05) is 12.1 Å². The summed E-state index contributed by atoms with van der Waals surface area (Å²) in [6, 6.07) is 5.17. The molecule has 0 unspecified atom stereocenters. The van der Waals surface area contributed by atoms with Gasteiger partial charge in [0.1, 0.15) is 11.5 Å². The molecule has 5 nitrogen and oxygen atoms in total. The maximum absolute atomic E-state index is 11.4. The minimum Gasteiger partial charge on any atom is -0.497 e. The predicted octanol–water partition coefficient (Wildman–Crippen LogP) is 1.02. The molecule has 0 aromatic heterocycles. The Balaban J connectivity index is 2.30. The van der Waals surface area contributed by atoms with Gasteiger partial charge in [0.05, 0.1) is 14.2 Å². The lowest BCUT2D eigenvalue weighted by Crippen LogP contribution is -2.36. The Morgan fingerprint density at radius 3 is 2.88 bits per heavy atom. The Hall–Kier alpha value is -1.75. The highest BCUT2D eigenvalue weighted by Crippen LogP contribution is 2.36. The van der Waals surface area contributed by atoms with Crippen LogP contribution in [0.25, 0.3) is 0 Å². The SMILES string of the molecule is COC(=O)[C@@H]1C[C@H](N)c2ccc(OC)cc2O1. The maximum Gasteiger partial charge on any atom is 0.347 e. The molecule has 0 amide bonds. The van der Waals surface area contributed by atoms with Gasteiger partial charge in [-0.3, -0.25) is 0 Å². The van der Waals surface area contributed by atoms with Gasteiger partial charge >= 0.3 is 5.97 Å². The van der Waals surface area contributed by atoms with Crippen LogP contribution in [0.5, 0.6) is 11.5 Å². The van der Waals surface area contributed by atoms with Crippen LogP contribution in [0.2, 0.25) is 0 Å². The topological polar surface area (TPSA) is 70.8 Å². The average molecular weight is 237 g/mol. The molecule has 0 aliphatic carbocycles. The van der Waals surface area contributed by atoms with Gasteiger partial charge in [0.15, 0.2) is 6.10 Å². The fraction of sp³-hybridized carbons (Fsp3) is 0.417. The van der Waals surface area contributed by atoms with E-state index < -0.39 is 12.1 Å². The first-order valence-electron chi connectivity index (χ1n) is 5.33. The van der Waals surface area contributed by atoms with Crippen molar-refractivity contribution >= 4 is 5.97 Å². The lowest BCUT2D eigenvalue weighted by atomic mass is 9.97. The number of fused-ring (bicyclic) bond motifs is 1. The third kappa shape index (κ3) is 2.19. The molecule has 2 rings (SSSR count). The first-order chi connectivity index (χ1) is 8.15. The summed E-state index contributed by atoms with van der Waals surface area (Å²) < 4.78 is 15.3. The molecule has 1 aromatic rings. The van der Waals surface area contributed by atoms with Crippen LogP contribution in [-0.4, -0.2) is 26.3 Å². The lowest BCUT2D eigenvalue weighted by Gasteiger charge is -2.28. The van der Waals surface area contributed by atoms with E-state index in [9.17, 15) is 4.79 Å². The normalized spacial score (nSPS) is 22.3. The number of carbonyl (C=O) groups is 1. The third-order valence-corrected chi connectivity index (χ3v) is 2.82. The average Bonchev–Trinajstić information content (AvgIpc) is 2.36. The van der Waals surface area contributed by atoms with Gasteiger partial charge < -0.3 is 19.9 Å². The van der Waals surface area contributed by atoms with E-state index in [0.29, 0.717) is 17.9 Å². The van der Waals surface area contributed by atoms with Gasteiger partial charge in [-0.05, 0) is 6.07 Å². The molecule has 2 atom stereocenters. The Labute approximate surface area is 99.5 Å². The van der Waals surface area contributed by atoms with E-state index in [1.165, 1.54) is 7.11 Å². The minimum atomic E-state index is -0.644. The van der Waals surface area contributed by atoms with Crippen LogP contribution in [0, 0.1) is 0 Å². The molecule has 0 radical (unpaired) electrons. The van der Waals surface area contributed by atoms with Crippen molar-refractivity contribution in [3.63, 3.8) is 0 Å². The molecule has 5 heteroatoms. The zero-order chi connectivity index (χ0) is 12.4. The molecule has 1 heterocycles. The van der Waals surface area contributed by atoms with Crippen molar-refractivity contribution in [3.8, 4) is 11.5 Å². The van der Waals surface area contributed by atoms with Crippen molar-refractivity contribution in [2.45, 2.75) is 18.6 Å². The molecule has 2 N–H and O–H groups in total. The van der Waals surface area contributed by atoms with Crippen LogP contribution in [-0.2, 0) is 9.53 Å². The second kappa shape index (κ2) is 4.63.